The zero-order valence-electron chi connectivity index (χ0n) is 18.5. The lowest BCUT2D eigenvalue weighted by molar-refractivity contribution is -0.385. The number of methoxy groups -OCH3 is 2. The molecule has 3 N–H and O–H groups in total. The number of hydrazone groups is 1. The van der Waals surface area contributed by atoms with Crippen molar-refractivity contribution >= 4 is 32.8 Å². The molecule has 0 aromatic heterocycles. The molecule has 0 aliphatic carbocycles. The molecule has 0 radical (unpaired) electrons. The Hall–Kier alpha value is -4.32. The van der Waals surface area contributed by atoms with Crippen molar-refractivity contribution in [3.05, 3.63) is 76.3 Å². The molecular formula is C22H22N4O7S. The minimum Gasteiger partial charge on any atom is -0.507 e. The molecule has 0 atom stereocenters. The van der Waals surface area contributed by atoms with Crippen molar-refractivity contribution in [3.63, 3.8) is 0 Å². The molecule has 11 nitrogen and oxygen atoms in total. The van der Waals surface area contributed by atoms with Crippen LogP contribution in [-0.2, 0) is 10.0 Å². The summed E-state index contributed by atoms with van der Waals surface area (Å²) in [6, 6.07) is 14.1. The second-order valence-electron chi connectivity index (χ2n) is 6.96. The molecule has 0 amide bonds. The van der Waals surface area contributed by atoms with Crippen molar-refractivity contribution in [3.8, 4) is 17.2 Å². The number of ether oxygens (including phenoxy) is 2. The molecule has 0 unspecified atom stereocenters. The quantitative estimate of drug-likeness (QED) is 0.233. The summed E-state index contributed by atoms with van der Waals surface area (Å²) in [4.78, 5) is 10.2. The Balaban J connectivity index is 1.96. The summed E-state index contributed by atoms with van der Waals surface area (Å²) < 4.78 is 38.7. The van der Waals surface area contributed by atoms with E-state index >= 15 is 0 Å². The van der Waals surface area contributed by atoms with Crippen LogP contribution in [0.1, 0.15) is 12.5 Å². The normalized spacial score (nSPS) is 11.6. The number of benzene rings is 3. The molecule has 178 valence electrons. The van der Waals surface area contributed by atoms with E-state index in [1.165, 1.54) is 38.5 Å². The number of non-ortho nitro benzene ring substituents is 1. The molecule has 0 heterocycles. The molecule has 3 aromatic carbocycles. The van der Waals surface area contributed by atoms with Crippen LogP contribution in [0.5, 0.6) is 17.2 Å². The first-order valence-corrected chi connectivity index (χ1v) is 11.3. The number of nitro groups is 1. The monoisotopic (exact) mass is 486 g/mol. The number of nitrogens with one attached hydrogen (secondary N) is 2. The van der Waals surface area contributed by atoms with Gasteiger partial charge in [0.05, 0.1) is 30.5 Å². The number of hydrogen-bond donors (Lipinski definition) is 3. The van der Waals surface area contributed by atoms with Crippen molar-refractivity contribution in [1.82, 2.24) is 0 Å². The summed E-state index contributed by atoms with van der Waals surface area (Å²) in [5.41, 5.74) is 3.18. The third-order valence-corrected chi connectivity index (χ3v) is 6.17. The van der Waals surface area contributed by atoms with E-state index in [9.17, 15) is 23.6 Å². The minimum absolute atomic E-state index is 0.000960. The highest BCUT2D eigenvalue weighted by atomic mass is 32.2. The van der Waals surface area contributed by atoms with Crippen LogP contribution in [0.15, 0.2) is 70.7 Å². The number of nitro benzene ring substituents is 1. The lowest BCUT2D eigenvalue weighted by atomic mass is 10.1. The van der Waals surface area contributed by atoms with Crippen LogP contribution in [0.2, 0.25) is 0 Å². The van der Waals surface area contributed by atoms with Crippen LogP contribution in [0.25, 0.3) is 0 Å². The van der Waals surface area contributed by atoms with Gasteiger partial charge in [0.25, 0.3) is 15.7 Å². The summed E-state index contributed by atoms with van der Waals surface area (Å²) in [6.07, 6.45) is 0. The third-order valence-electron chi connectivity index (χ3n) is 4.75. The summed E-state index contributed by atoms with van der Waals surface area (Å²) in [6.45, 7) is 1.60. The summed E-state index contributed by atoms with van der Waals surface area (Å²) in [5, 5.41) is 25.6. The highest BCUT2D eigenvalue weighted by molar-refractivity contribution is 7.92. The molecule has 0 saturated heterocycles. The molecule has 3 aromatic rings. The van der Waals surface area contributed by atoms with Crippen molar-refractivity contribution in [1.29, 1.82) is 0 Å². The van der Waals surface area contributed by atoms with Gasteiger partial charge in [-0.1, -0.05) is 0 Å². The summed E-state index contributed by atoms with van der Waals surface area (Å²) in [7, 11) is -1.30. The fourth-order valence-corrected chi connectivity index (χ4v) is 4.19. The highest BCUT2D eigenvalue weighted by Gasteiger charge is 2.23. The van der Waals surface area contributed by atoms with Crippen molar-refractivity contribution in [2.45, 2.75) is 11.8 Å². The molecule has 0 fully saturated rings. The Morgan fingerprint density at radius 2 is 1.65 bits per heavy atom. The SMILES string of the molecule is COc1ccc(NS(=O)(=O)c2cc([N+](=O)[O-])ccc2NN=C(C)c2ccc(OC)cc2O)cc1. The topological polar surface area (TPSA) is 152 Å². The van der Waals surface area contributed by atoms with Crippen molar-refractivity contribution in [2.75, 3.05) is 24.4 Å². The maximum absolute atomic E-state index is 13.1. The van der Waals surface area contributed by atoms with Crippen LogP contribution in [0.4, 0.5) is 17.1 Å². The molecule has 3 rings (SSSR count). The van der Waals surface area contributed by atoms with Gasteiger partial charge in [0.2, 0.25) is 0 Å². The van der Waals surface area contributed by atoms with E-state index in [1.54, 1.807) is 31.2 Å². The molecule has 0 spiro atoms. The van der Waals surface area contributed by atoms with Gasteiger partial charge in [-0.3, -0.25) is 20.3 Å². The molecule has 12 heteroatoms. The fourth-order valence-electron chi connectivity index (χ4n) is 2.96. The second-order valence-corrected chi connectivity index (χ2v) is 8.61. The number of sulfonamides is 1. The van der Waals surface area contributed by atoms with Gasteiger partial charge in [-0.15, -0.1) is 0 Å². The first-order chi connectivity index (χ1) is 16.1. The van der Waals surface area contributed by atoms with E-state index in [2.05, 4.69) is 15.2 Å². The van der Waals surface area contributed by atoms with Gasteiger partial charge < -0.3 is 14.6 Å². The number of nitrogens with zero attached hydrogens (tertiary/aromatic N) is 2. The smallest absolute Gasteiger partial charge is 0.270 e. The lowest BCUT2D eigenvalue weighted by Crippen LogP contribution is -2.15. The van der Waals surface area contributed by atoms with Crippen LogP contribution in [-0.4, -0.2) is 38.4 Å². The fraction of sp³-hybridized carbons (Fsp3) is 0.136. The number of rotatable bonds is 9. The van der Waals surface area contributed by atoms with E-state index in [0.29, 0.717) is 22.8 Å². The molecule has 0 saturated carbocycles. The van der Waals surface area contributed by atoms with E-state index in [1.807, 2.05) is 0 Å². The van der Waals surface area contributed by atoms with Gasteiger partial charge in [0, 0.05) is 29.4 Å². The Labute approximate surface area is 195 Å². The Kier molecular flexibility index (Phi) is 7.21. The highest BCUT2D eigenvalue weighted by Crippen LogP contribution is 2.29. The molecule has 34 heavy (non-hydrogen) atoms. The Morgan fingerprint density at radius 1 is 1.00 bits per heavy atom. The van der Waals surface area contributed by atoms with E-state index in [0.717, 1.165) is 12.1 Å². The number of hydrogen-bond acceptors (Lipinski definition) is 9. The van der Waals surface area contributed by atoms with Crippen LogP contribution < -0.4 is 19.6 Å². The first-order valence-electron chi connectivity index (χ1n) is 9.77. The van der Waals surface area contributed by atoms with Crippen molar-refractivity contribution in [2.24, 2.45) is 5.10 Å². The largest absolute Gasteiger partial charge is 0.507 e. The molecular weight excluding hydrogens is 464 g/mol. The number of aromatic hydroxyl groups is 1. The van der Waals surface area contributed by atoms with Gasteiger partial charge in [0.1, 0.15) is 22.1 Å². The van der Waals surface area contributed by atoms with Gasteiger partial charge in [0.15, 0.2) is 0 Å². The zero-order valence-corrected chi connectivity index (χ0v) is 19.3. The average Bonchev–Trinajstić information content (AvgIpc) is 2.82. The van der Waals surface area contributed by atoms with Gasteiger partial charge >= 0.3 is 0 Å². The van der Waals surface area contributed by atoms with E-state index < -0.39 is 20.6 Å². The molecule has 0 aliphatic rings. The minimum atomic E-state index is -4.24. The Morgan fingerprint density at radius 3 is 2.24 bits per heavy atom. The van der Waals surface area contributed by atoms with Crippen LogP contribution in [0.3, 0.4) is 0 Å². The van der Waals surface area contributed by atoms with Crippen LogP contribution >= 0.6 is 0 Å². The third kappa shape index (κ3) is 5.53. The first kappa shape index (κ1) is 24.3. The Bertz CT molecular complexity index is 1340. The molecule has 0 bridgehead atoms. The number of phenolic OH excluding ortho intramolecular Hbond substituents is 1. The maximum atomic E-state index is 13.1. The second kappa shape index (κ2) is 10.1. The maximum Gasteiger partial charge on any atom is 0.270 e. The summed E-state index contributed by atoms with van der Waals surface area (Å²) >= 11 is 0. The van der Waals surface area contributed by atoms with E-state index in [-0.39, 0.29) is 22.0 Å². The molecule has 0 aliphatic heterocycles. The number of phenols is 1. The van der Waals surface area contributed by atoms with Crippen molar-refractivity contribution < 1.29 is 27.9 Å². The summed E-state index contributed by atoms with van der Waals surface area (Å²) in [5.74, 6) is 0.905. The zero-order chi connectivity index (χ0) is 24.9. The van der Waals surface area contributed by atoms with E-state index in [4.69, 9.17) is 9.47 Å². The van der Waals surface area contributed by atoms with Gasteiger partial charge in [-0.25, -0.2) is 8.42 Å². The predicted molar refractivity (Wildman–Crippen MR) is 127 cm³/mol. The van der Waals surface area contributed by atoms with Gasteiger partial charge in [-0.05, 0) is 49.4 Å². The predicted octanol–water partition coefficient (Wildman–Crippen LogP) is 3.95. The van der Waals surface area contributed by atoms with Crippen LogP contribution in [0, 0.1) is 10.1 Å². The lowest BCUT2D eigenvalue weighted by Gasteiger charge is -2.13. The van der Waals surface area contributed by atoms with Gasteiger partial charge in [-0.2, -0.15) is 5.10 Å². The standard InChI is InChI=1S/C22H22N4O7S/c1-14(19-10-9-18(33-3)13-21(19)27)23-24-20-11-6-16(26(28)29)12-22(20)34(30,31)25-15-4-7-17(32-2)8-5-15/h4-13,24-25,27H,1-3H3. The average molecular weight is 487 g/mol. The number of anilines is 2.